The minimum Gasteiger partial charge on any atom is -0.309 e. The molecule has 0 amide bonds. The Balaban J connectivity index is 2.79. The number of hydrogen-bond acceptors (Lipinski definition) is 2. The SMILES string of the molecule is CCCNC(c1ccc(CC)cc1)C(C)SCC. The summed E-state index contributed by atoms with van der Waals surface area (Å²) >= 11 is 2.03. The number of thioether (sulfide) groups is 1. The lowest BCUT2D eigenvalue weighted by Gasteiger charge is -2.25. The summed E-state index contributed by atoms with van der Waals surface area (Å²) in [5, 5.41) is 4.31. The Kier molecular flexibility index (Phi) is 7.45. The van der Waals surface area contributed by atoms with Gasteiger partial charge in [0.05, 0.1) is 0 Å². The maximum absolute atomic E-state index is 3.69. The number of hydrogen-bond donors (Lipinski definition) is 1. The molecule has 0 fully saturated rings. The summed E-state index contributed by atoms with van der Waals surface area (Å²) in [6, 6.07) is 9.58. The molecule has 2 atom stereocenters. The third kappa shape index (κ3) is 4.66. The van der Waals surface area contributed by atoms with Gasteiger partial charge in [0.1, 0.15) is 0 Å². The Labute approximate surface area is 117 Å². The van der Waals surface area contributed by atoms with Crippen LogP contribution in [-0.2, 0) is 6.42 Å². The molecule has 0 radical (unpaired) electrons. The molecular formula is C16H27NS. The van der Waals surface area contributed by atoms with Crippen LogP contribution >= 0.6 is 11.8 Å². The van der Waals surface area contributed by atoms with E-state index in [0.29, 0.717) is 11.3 Å². The second-order valence-electron chi connectivity index (χ2n) is 4.69. The van der Waals surface area contributed by atoms with Crippen molar-refractivity contribution in [2.24, 2.45) is 0 Å². The lowest BCUT2D eigenvalue weighted by atomic mass is 10.0. The van der Waals surface area contributed by atoms with Crippen molar-refractivity contribution in [2.45, 2.75) is 51.8 Å². The molecule has 1 nitrogen and oxygen atoms in total. The van der Waals surface area contributed by atoms with Crippen molar-refractivity contribution in [1.82, 2.24) is 5.32 Å². The predicted octanol–water partition coefficient (Wildman–Crippen LogP) is 4.43. The summed E-state index contributed by atoms with van der Waals surface area (Å²) < 4.78 is 0. The van der Waals surface area contributed by atoms with Gasteiger partial charge in [0.2, 0.25) is 0 Å². The summed E-state index contributed by atoms with van der Waals surface area (Å²) in [6.07, 6.45) is 2.31. The van der Waals surface area contributed by atoms with Gasteiger partial charge in [0.25, 0.3) is 0 Å². The molecule has 0 spiro atoms. The third-order valence-electron chi connectivity index (χ3n) is 3.26. The van der Waals surface area contributed by atoms with Crippen LogP contribution in [0.5, 0.6) is 0 Å². The third-order valence-corrected chi connectivity index (χ3v) is 4.39. The number of nitrogens with one attached hydrogen (secondary N) is 1. The van der Waals surface area contributed by atoms with Crippen molar-refractivity contribution in [3.8, 4) is 0 Å². The van der Waals surface area contributed by atoms with Crippen LogP contribution in [0.4, 0.5) is 0 Å². The highest BCUT2D eigenvalue weighted by Crippen LogP contribution is 2.26. The van der Waals surface area contributed by atoms with Crippen LogP contribution in [0.1, 0.15) is 51.3 Å². The first-order valence-electron chi connectivity index (χ1n) is 7.16. The predicted molar refractivity (Wildman–Crippen MR) is 84.4 cm³/mol. The number of aryl methyl sites for hydroxylation is 1. The zero-order valence-electron chi connectivity index (χ0n) is 12.2. The van der Waals surface area contributed by atoms with Crippen LogP contribution < -0.4 is 5.32 Å². The highest BCUT2D eigenvalue weighted by molar-refractivity contribution is 7.99. The largest absolute Gasteiger partial charge is 0.309 e. The van der Waals surface area contributed by atoms with Crippen LogP contribution in [0.15, 0.2) is 24.3 Å². The molecule has 1 aromatic carbocycles. The molecule has 18 heavy (non-hydrogen) atoms. The molecule has 0 bridgehead atoms. The minimum absolute atomic E-state index is 0.473. The first-order valence-corrected chi connectivity index (χ1v) is 8.21. The van der Waals surface area contributed by atoms with Crippen molar-refractivity contribution >= 4 is 11.8 Å². The summed E-state index contributed by atoms with van der Waals surface area (Å²) in [5.41, 5.74) is 2.85. The van der Waals surface area contributed by atoms with Gasteiger partial charge in [-0.25, -0.2) is 0 Å². The minimum atomic E-state index is 0.473. The highest BCUT2D eigenvalue weighted by atomic mass is 32.2. The molecule has 0 aromatic heterocycles. The average Bonchev–Trinajstić information content (AvgIpc) is 2.40. The van der Waals surface area contributed by atoms with E-state index in [-0.39, 0.29) is 0 Å². The van der Waals surface area contributed by atoms with Gasteiger partial charge in [-0.3, -0.25) is 0 Å². The van der Waals surface area contributed by atoms with Crippen LogP contribution in [-0.4, -0.2) is 17.5 Å². The van der Waals surface area contributed by atoms with E-state index in [1.807, 2.05) is 11.8 Å². The molecule has 0 saturated heterocycles. The quantitative estimate of drug-likeness (QED) is 0.746. The molecule has 0 heterocycles. The lowest BCUT2D eigenvalue weighted by molar-refractivity contribution is 0.528. The van der Waals surface area contributed by atoms with E-state index in [1.54, 1.807) is 0 Å². The fourth-order valence-electron chi connectivity index (χ4n) is 2.17. The topological polar surface area (TPSA) is 12.0 Å². The van der Waals surface area contributed by atoms with Gasteiger partial charge < -0.3 is 5.32 Å². The van der Waals surface area contributed by atoms with E-state index in [2.05, 4.69) is 57.3 Å². The van der Waals surface area contributed by atoms with Crippen molar-refractivity contribution in [3.05, 3.63) is 35.4 Å². The fraction of sp³-hybridized carbons (Fsp3) is 0.625. The normalized spacial score (nSPS) is 14.4. The molecule has 0 aliphatic rings. The molecule has 102 valence electrons. The highest BCUT2D eigenvalue weighted by Gasteiger charge is 2.18. The van der Waals surface area contributed by atoms with Crippen LogP contribution in [0, 0.1) is 0 Å². The summed E-state index contributed by atoms with van der Waals surface area (Å²) in [4.78, 5) is 0. The van der Waals surface area contributed by atoms with E-state index < -0.39 is 0 Å². The van der Waals surface area contributed by atoms with Gasteiger partial charge in [-0.15, -0.1) is 0 Å². The fourth-order valence-corrected chi connectivity index (χ4v) is 3.15. The van der Waals surface area contributed by atoms with Gasteiger partial charge in [-0.1, -0.05) is 52.0 Å². The zero-order valence-corrected chi connectivity index (χ0v) is 13.0. The van der Waals surface area contributed by atoms with Crippen LogP contribution in [0.2, 0.25) is 0 Å². The maximum Gasteiger partial charge on any atom is 0.0437 e. The molecular weight excluding hydrogens is 238 g/mol. The smallest absolute Gasteiger partial charge is 0.0437 e. The Morgan fingerprint density at radius 2 is 1.78 bits per heavy atom. The Morgan fingerprint density at radius 1 is 1.11 bits per heavy atom. The van der Waals surface area contributed by atoms with Crippen molar-refractivity contribution < 1.29 is 0 Å². The van der Waals surface area contributed by atoms with Gasteiger partial charge >= 0.3 is 0 Å². The van der Waals surface area contributed by atoms with Crippen molar-refractivity contribution in [1.29, 1.82) is 0 Å². The maximum atomic E-state index is 3.69. The molecule has 1 rings (SSSR count). The average molecular weight is 265 g/mol. The van der Waals surface area contributed by atoms with E-state index in [9.17, 15) is 0 Å². The molecule has 1 aromatic rings. The Bertz CT molecular complexity index is 320. The first kappa shape index (κ1) is 15.6. The summed E-state index contributed by atoms with van der Waals surface area (Å²) in [6.45, 7) is 10.1. The zero-order chi connectivity index (χ0) is 13.4. The molecule has 2 unspecified atom stereocenters. The Morgan fingerprint density at radius 3 is 2.28 bits per heavy atom. The molecule has 1 N–H and O–H groups in total. The van der Waals surface area contributed by atoms with E-state index in [1.165, 1.54) is 23.3 Å². The number of rotatable bonds is 8. The van der Waals surface area contributed by atoms with E-state index >= 15 is 0 Å². The van der Waals surface area contributed by atoms with Crippen LogP contribution in [0.25, 0.3) is 0 Å². The van der Waals surface area contributed by atoms with Crippen molar-refractivity contribution in [3.63, 3.8) is 0 Å². The molecule has 2 heteroatoms. The monoisotopic (exact) mass is 265 g/mol. The second kappa shape index (κ2) is 8.60. The van der Waals surface area contributed by atoms with E-state index in [4.69, 9.17) is 0 Å². The van der Waals surface area contributed by atoms with Gasteiger partial charge in [0, 0.05) is 11.3 Å². The van der Waals surface area contributed by atoms with Gasteiger partial charge in [0.15, 0.2) is 0 Å². The van der Waals surface area contributed by atoms with Gasteiger partial charge in [-0.05, 0) is 36.3 Å². The van der Waals surface area contributed by atoms with Crippen molar-refractivity contribution in [2.75, 3.05) is 12.3 Å². The lowest BCUT2D eigenvalue weighted by Crippen LogP contribution is -2.29. The standard InChI is InChI=1S/C16H27NS/c1-5-12-17-16(13(4)18-7-3)15-10-8-14(6-2)9-11-15/h8-11,13,16-17H,5-7,12H2,1-4H3. The number of benzene rings is 1. The van der Waals surface area contributed by atoms with Gasteiger partial charge in [-0.2, -0.15) is 11.8 Å². The van der Waals surface area contributed by atoms with Crippen LogP contribution in [0.3, 0.4) is 0 Å². The molecule has 0 saturated carbocycles. The molecule has 0 aliphatic heterocycles. The summed E-state index contributed by atoms with van der Waals surface area (Å²) in [5.74, 6) is 1.18. The Hall–Kier alpha value is -0.470. The first-order chi connectivity index (χ1) is 8.72. The molecule has 0 aliphatic carbocycles. The second-order valence-corrected chi connectivity index (χ2v) is 6.34. The van der Waals surface area contributed by atoms with E-state index in [0.717, 1.165) is 13.0 Å². The summed E-state index contributed by atoms with van der Waals surface area (Å²) in [7, 11) is 0.